The molecule has 0 radical (unpaired) electrons. The van der Waals surface area contributed by atoms with Crippen LogP contribution in [0.25, 0.3) is 0 Å². The summed E-state index contributed by atoms with van der Waals surface area (Å²) in [5, 5.41) is 6.55. The number of aryl methyl sites for hydroxylation is 1. The van der Waals surface area contributed by atoms with Crippen molar-refractivity contribution in [3.63, 3.8) is 0 Å². The fraction of sp³-hybridized carbons (Fsp3) is 0.417. The van der Waals surface area contributed by atoms with Crippen molar-refractivity contribution >= 4 is 5.91 Å². The molecule has 1 amide bonds. The van der Waals surface area contributed by atoms with Gasteiger partial charge in [-0.05, 0) is 13.8 Å². The summed E-state index contributed by atoms with van der Waals surface area (Å²) in [7, 11) is 0. The van der Waals surface area contributed by atoms with E-state index in [4.69, 9.17) is 0 Å². The molecule has 2 aromatic heterocycles. The first-order valence-electron chi connectivity index (χ1n) is 6.19. The third-order valence-electron chi connectivity index (χ3n) is 2.96. The second kappa shape index (κ2) is 6.09. The van der Waals surface area contributed by atoms with Gasteiger partial charge in [0.2, 0.25) is 5.91 Å². The number of nitrogens with zero attached hydrogens (tertiary/aromatic N) is 5. The minimum absolute atomic E-state index is 0.0805. The molecular formula is C12H16N6O2. The first-order valence-corrected chi connectivity index (χ1v) is 6.19. The SMILES string of the molecule is Cc1ncn(CCNC(=O)Cn2cncn2)c(=O)c1C. The molecular weight excluding hydrogens is 260 g/mol. The highest BCUT2D eigenvalue weighted by molar-refractivity contribution is 5.75. The van der Waals surface area contributed by atoms with Crippen molar-refractivity contribution in [3.8, 4) is 0 Å². The lowest BCUT2D eigenvalue weighted by Crippen LogP contribution is -2.33. The van der Waals surface area contributed by atoms with E-state index in [9.17, 15) is 9.59 Å². The van der Waals surface area contributed by atoms with Gasteiger partial charge >= 0.3 is 0 Å². The van der Waals surface area contributed by atoms with Gasteiger partial charge in [-0.15, -0.1) is 0 Å². The highest BCUT2D eigenvalue weighted by atomic mass is 16.2. The fourth-order valence-electron chi connectivity index (χ4n) is 1.67. The summed E-state index contributed by atoms with van der Waals surface area (Å²) in [6.45, 7) is 4.39. The van der Waals surface area contributed by atoms with Crippen molar-refractivity contribution in [1.29, 1.82) is 0 Å². The largest absolute Gasteiger partial charge is 0.353 e. The first-order chi connectivity index (χ1) is 9.58. The standard InChI is InChI=1S/C12H16N6O2/c1-9-10(2)15-8-17(12(9)20)4-3-14-11(19)5-18-7-13-6-16-18/h6-8H,3-5H2,1-2H3,(H,14,19). The normalized spacial score (nSPS) is 10.5. The predicted molar refractivity (Wildman–Crippen MR) is 71.0 cm³/mol. The van der Waals surface area contributed by atoms with Crippen molar-refractivity contribution in [2.45, 2.75) is 26.9 Å². The zero-order valence-corrected chi connectivity index (χ0v) is 11.4. The number of hydrogen-bond donors (Lipinski definition) is 1. The highest BCUT2D eigenvalue weighted by Crippen LogP contribution is 1.94. The molecule has 0 aliphatic carbocycles. The van der Waals surface area contributed by atoms with Crippen LogP contribution in [0.15, 0.2) is 23.8 Å². The number of amides is 1. The van der Waals surface area contributed by atoms with Crippen molar-refractivity contribution < 1.29 is 4.79 Å². The molecule has 0 saturated carbocycles. The smallest absolute Gasteiger partial charge is 0.256 e. The molecule has 1 N–H and O–H groups in total. The molecule has 0 saturated heterocycles. The Morgan fingerprint density at radius 1 is 1.35 bits per heavy atom. The van der Waals surface area contributed by atoms with Crippen LogP contribution in [0.3, 0.4) is 0 Å². The van der Waals surface area contributed by atoms with Gasteiger partial charge < -0.3 is 5.32 Å². The van der Waals surface area contributed by atoms with Crippen molar-refractivity contribution in [2.24, 2.45) is 0 Å². The number of hydrogen-bond acceptors (Lipinski definition) is 5. The molecule has 0 fully saturated rings. The molecule has 0 atom stereocenters. The van der Waals surface area contributed by atoms with E-state index in [2.05, 4.69) is 20.4 Å². The molecule has 0 unspecified atom stereocenters. The number of carbonyl (C=O) groups excluding carboxylic acids is 1. The molecule has 0 bridgehead atoms. The van der Waals surface area contributed by atoms with Crippen LogP contribution in [0.2, 0.25) is 0 Å². The summed E-state index contributed by atoms with van der Waals surface area (Å²) in [4.78, 5) is 31.4. The first kappa shape index (κ1) is 13.9. The summed E-state index contributed by atoms with van der Waals surface area (Å²) in [5.74, 6) is -0.180. The lowest BCUT2D eigenvalue weighted by molar-refractivity contribution is -0.121. The monoisotopic (exact) mass is 276 g/mol. The third kappa shape index (κ3) is 3.28. The Labute approximate surface area is 115 Å². The van der Waals surface area contributed by atoms with Gasteiger partial charge in [0.05, 0.1) is 6.33 Å². The molecule has 8 heteroatoms. The maximum Gasteiger partial charge on any atom is 0.256 e. The van der Waals surface area contributed by atoms with Crippen LogP contribution in [-0.2, 0) is 17.9 Å². The van der Waals surface area contributed by atoms with Crippen LogP contribution in [0.1, 0.15) is 11.3 Å². The van der Waals surface area contributed by atoms with Crippen LogP contribution < -0.4 is 10.9 Å². The van der Waals surface area contributed by atoms with Gasteiger partial charge in [0.25, 0.3) is 5.56 Å². The zero-order chi connectivity index (χ0) is 14.5. The average molecular weight is 276 g/mol. The summed E-state index contributed by atoms with van der Waals surface area (Å²) in [6.07, 6.45) is 4.33. The van der Waals surface area contributed by atoms with E-state index < -0.39 is 0 Å². The van der Waals surface area contributed by atoms with Crippen molar-refractivity contribution in [2.75, 3.05) is 6.54 Å². The molecule has 106 valence electrons. The van der Waals surface area contributed by atoms with E-state index in [0.717, 1.165) is 5.69 Å². The fourth-order valence-corrected chi connectivity index (χ4v) is 1.67. The Hall–Kier alpha value is -2.51. The number of nitrogens with one attached hydrogen (secondary N) is 1. The zero-order valence-electron chi connectivity index (χ0n) is 11.4. The van der Waals surface area contributed by atoms with Gasteiger partial charge in [-0.3, -0.25) is 14.2 Å². The molecule has 0 aliphatic rings. The summed E-state index contributed by atoms with van der Waals surface area (Å²) >= 11 is 0. The molecule has 0 aromatic carbocycles. The average Bonchev–Trinajstić information content (AvgIpc) is 2.91. The van der Waals surface area contributed by atoms with E-state index in [0.29, 0.717) is 18.7 Å². The van der Waals surface area contributed by atoms with Gasteiger partial charge in [-0.2, -0.15) is 5.10 Å². The Morgan fingerprint density at radius 2 is 2.15 bits per heavy atom. The maximum absolute atomic E-state index is 11.9. The van der Waals surface area contributed by atoms with E-state index in [1.807, 2.05) is 0 Å². The molecule has 2 rings (SSSR count). The second-order valence-corrected chi connectivity index (χ2v) is 4.40. The molecule has 20 heavy (non-hydrogen) atoms. The molecule has 0 aliphatic heterocycles. The summed E-state index contributed by atoms with van der Waals surface area (Å²) in [6, 6.07) is 0. The van der Waals surface area contributed by atoms with Crippen molar-refractivity contribution in [3.05, 3.63) is 40.6 Å². The molecule has 2 heterocycles. The maximum atomic E-state index is 11.9. The topological polar surface area (TPSA) is 94.7 Å². The summed E-state index contributed by atoms with van der Waals surface area (Å²) < 4.78 is 2.91. The van der Waals surface area contributed by atoms with Crippen LogP contribution in [0.4, 0.5) is 0 Å². The van der Waals surface area contributed by atoms with Crippen LogP contribution in [-0.4, -0.2) is 36.8 Å². The minimum Gasteiger partial charge on any atom is -0.353 e. The third-order valence-corrected chi connectivity index (χ3v) is 2.96. The number of aromatic nitrogens is 5. The minimum atomic E-state index is -0.180. The van der Waals surface area contributed by atoms with E-state index in [1.54, 1.807) is 13.8 Å². The van der Waals surface area contributed by atoms with Gasteiger partial charge in [0.15, 0.2) is 0 Å². The molecule has 0 spiro atoms. The molecule has 8 nitrogen and oxygen atoms in total. The Balaban J connectivity index is 1.86. The summed E-state index contributed by atoms with van der Waals surface area (Å²) in [5.41, 5.74) is 1.27. The Kier molecular flexibility index (Phi) is 4.24. The highest BCUT2D eigenvalue weighted by Gasteiger charge is 2.05. The van der Waals surface area contributed by atoms with Gasteiger partial charge in [-0.1, -0.05) is 0 Å². The van der Waals surface area contributed by atoms with E-state index >= 15 is 0 Å². The quantitative estimate of drug-likeness (QED) is 0.776. The van der Waals surface area contributed by atoms with E-state index in [-0.39, 0.29) is 18.0 Å². The Bertz CT molecular complexity index is 646. The number of rotatable bonds is 5. The van der Waals surface area contributed by atoms with Gasteiger partial charge in [0.1, 0.15) is 19.2 Å². The molecule has 2 aromatic rings. The van der Waals surface area contributed by atoms with Gasteiger partial charge in [0, 0.05) is 24.3 Å². The predicted octanol–water partition coefficient (Wildman–Crippen LogP) is -0.732. The van der Waals surface area contributed by atoms with Crippen LogP contribution >= 0.6 is 0 Å². The lowest BCUT2D eigenvalue weighted by atomic mass is 10.3. The van der Waals surface area contributed by atoms with E-state index in [1.165, 1.54) is 28.2 Å². The van der Waals surface area contributed by atoms with Crippen molar-refractivity contribution in [1.82, 2.24) is 29.6 Å². The van der Waals surface area contributed by atoms with Crippen LogP contribution in [0, 0.1) is 13.8 Å². The van der Waals surface area contributed by atoms with Crippen LogP contribution in [0.5, 0.6) is 0 Å². The van der Waals surface area contributed by atoms with Gasteiger partial charge in [-0.25, -0.2) is 14.6 Å². The lowest BCUT2D eigenvalue weighted by Gasteiger charge is -2.08. The number of carbonyl (C=O) groups is 1. The Morgan fingerprint density at radius 3 is 2.85 bits per heavy atom. The second-order valence-electron chi connectivity index (χ2n) is 4.40.